The van der Waals surface area contributed by atoms with Gasteiger partial charge in [0.15, 0.2) is 0 Å². The van der Waals surface area contributed by atoms with Crippen LogP contribution in [0.5, 0.6) is 5.75 Å². The second-order valence-electron chi connectivity index (χ2n) is 9.05. The van der Waals surface area contributed by atoms with Crippen LogP contribution in [-0.4, -0.2) is 56.5 Å². The van der Waals surface area contributed by atoms with Gasteiger partial charge >= 0.3 is 0 Å². The third-order valence-electron chi connectivity index (χ3n) is 6.56. The summed E-state index contributed by atoms with van der Waals surface area (Å²) in [7, 11) is 6.05. The molecule has 0 N–H and O–H groups in total. The zero-order valence-electron chi connectivity index (χ0n) is 20.3. The van der Waals surface area contributed by atoms with E-state index in [4.69, 9.17) is 4.74 Å². The van der Waals surface area contributed by atoms with Gasteiger partial charge in [0.2, 0.25) is 0 Å². The van der Waals surface area contributed by atoms with E-state index in [-0.39, 0.29) is 5.91 Å². The number of hydrogen-bond donors (Lipinski definition) is 0. The maximum atomic E-state index is 12.8. The molecule has 0 spiro atoms. The maximum absolute atomic E-state index is 12.8. The average molecular weight is 435 g/mol. The van der Waals surface area contributed by atoms with Gasteiger partial charge in [-0.05, 0) is 94.4 Å². The Morgan fingerprint density at radius 2 is 1.84 bits per heavy atom. The monoisotopic (exact) mass is 434 g/mol. The molecule has 1 aliphatic carbocycles. The van der Waals surface area contributed by atoms with Crippen molar-refractivity contribution in [2.45, 2.75) is 39.0 Å². The van der Waals surface area contributed by atoms with Gasteiger partial charge in [-0.25, -0.2) is 0 Å². The highest BCUT2D eigenvalue weighted by Crippen LogP contribution is 2.42. The molecule has 32 heavy (non-hydrogen) atoms. The first-order chi connectivity index (χ1) is 15.4. The molecule has 3 rings (SSSR count). The van der Waals surface area contributed by atoms with Gasteiger partial charge in [-0.1, -0.05) is 35.9 Å². The van der Waals surface area contributed by atoms with E-state index in [1.807, 2.05) is 43.0 Å². The number of allylic oxidation sites excluding steroid dienone is 1. The summed E-state index contributed by atoms with van der Waals surface area (Å²) in [5.74, 6) is 2.11. The van der Waals surface area contributed by atoms with E-state index < -0.39 is 0 Å². The summed E-state index contributed by atoms with van der Waals surface area (Å²) >= 11 is 0. The predicted molar refractivity (Wildman–Crippen MR) is 133 cm³/mol. The quantitative estimate of drug-likeness (QED) is 0.534. The number of carbonyl (C=O) groups excluding carboxylic acids is 1. The molecule has 0 unspecified atom stereocenters. The first kappa shape index (κ1) is 24.1. The lowest BCUT2D eigenvalue weighted by Crippen LogP contribution is -2.30. The Morgan fingerprint density at radius 1 is 1.09 bits per heavy atom. The molecule has 4 nitrogen and oxygen atoms in total. The summed E-state index contributed by atoms with van der Waals surface area (Å²) < 4.78 is 5.50. The molecular formula is C28H38N2O2. The van der Waals surface area contributed by atoms with Gasteiger partial charge in [0.1, 0.15) is 5.75 Å². The van der Waals surface area contributed by atoms with Gasteiger partial charge in [0, 0.05) is 25.2 Å². The first-order valence-corrected chi connectivity index (χ1v) is 11.8. The Balaban J connectivity index is 1.86. The van der Waals surface area contributed by atoms with Crippen molar-refractivity contribution >= 4 is 12.0 Å². The zero-order chi connectivity index (χ0) is 23.1. The Morgan fingerprint density at radius 3 is 2.53 bits per heavy atom. The summed E-state index contributed by atoms with van der Waals surface area (Å²) in [4.78, 5) is 17.0. The smallest absolute Gasteiger partial charge is 0.253 e. The number of benzene rings is 2. The molecule has 0 radical (unpaired) electrons. The van der Waals surface area contributed by atoms with Crippen LogP contribution in [0.2, 0.25) is 0 Å². The van der Waals surface area contributed by atoms with Crippen molar-refractivity contribution in [2.24, 2.45) is 5.92 Å². The third-order valence-corrected chi connectivity index (χ3v) is 6.56. The van der Waals surface area contributed by atoms with E-state index in [2.05, 4.69) is 49.3 Å². The van der Waals surface area contributed by atoms with Gasteiger partial charge in [-0.15, -0.1) is 0 Å². The first-order valence-electron chi connectivity index (χ1n) is 11.8. The predicted octanol–water partition coefficient (Wildman–Crippen LogP) is 5.71. The number of hydrogen-bond acceptors (Lipinski definition) is 3. The lowest BCUT2D eigenvalue weighted by Gasteiger charge is -2.35. The average Bonchev–Trinajstić information content (AvgIpc) is 2.80. The molecule has 1 saturated carbocycles. The molecule has 1 fully saturated rings. The van der Waals surface area contributed by atoms with E-state index in [1.54, 1.807) is 7.11 Å². The number of nitrogens with zero attached hydrogens (tertiary/aromatic N) is 2. The lowest BCUT2D eigenvalue weighted by atomic mass is 9.73. The highest BCUT2D eigenvalue weighted by Gasteiger charge is 2.29. The molecule has 1 aliphatic rings. The highest BCUT2D eigenvalue weighted by molar-refractivity contribution is 5.94. The minimum Gasteiger partial charge on any atom is -0.497 e. The van der Waals surface area contributed by atoms with Crippen LogP contribution in [0.1, 0.15) is 60.5 Å². The lowest BCUT2D eigenvalue weighted by molar-refractivity contribution is 0.0773. The normalized spacial score (nSPS) is 19.9. The Hall–Kier alpha value is -2.59. The minimum absolute atomic E-state index is 0.110. The number of amides is 1. The van der Waals surface area contributed by atoms with Crippen molar-refractivity contribution in [1.82, 2.24) is 9.80 Å². The van der Waals surface area contributed by atoms with Crippen LogP contribution >= 0.6 is 0 Å². The second-order valence-corrected chi connectivity index (χ2v) is 9.05. The van der Waals surface area contributed by atoms with Gasteiger partial charge < -0.3 is 14.5 Å². The highest BCUT2D eigenvalue weighted by atomic mass is 16.5. The summed E-state index contributed by atoms with van der Waals surface area (Å²) in [6.07, 6.45) is 5.62. The second kappa shape index (κ2) is 11.3. The van der Waals surface area contributed by atoms with E-state index >= 15 is 0 Å². The summed E-state index contributed by atoms with van der Waals surface area (Å²) in [5.41, 5.74) is 4.70. The Labute approximate surface area is 193 Å². The molecule has 0 saturated heterocycles. The minimum atomic E-state index is 0.110. The fraction of sp³-hybridized carbons (Fsp3) is 0.464. The molecule has 2 atom stereocenters. The van der Waals surface area contributed by atoms with Crippen LogP contribution in [0.4, 0.5) is 0 Å². The molecule has 4 heteroatoms. The molecule has 1 amide bonds. The van der Waals surface area contributed by atoms with E-state index in [1.165, 1.54) is 17.6 Å². The van der Waals surface area contributed by atoms with Gasteiger partial charge in [-0.2, -0.15) is 0 Å². The molecule has 172 valence electrons. The van der Waals surface area contributed by atoms with Crippen molar-refractivity contribution in [2.75, 3.05) is 40.8 Å². The van der Waals surface area contributed by atoms with Crippen LogP contribution in [0, 0.1) is 5.92 Å². The van der Waals surface area contributed by atoms with Crippen LogP contribution in [0.3, 0.4) is 0 Å². The molecule has 2 aromatic carbocycles. The van der Waals surface area contributed by atoms with E-state index in [0.29, 0.717) is 11.8 Å². The Bertz CT molecular complexity index is 931. The van der Waals surface area contributed by atoms with Crippen molar-refractivity contribution in [1.29, 1.82) is 0 Å². The van der Waals surface area contributed by atoms with Crippen molar-refractivity contribution in [3.05, 3.63) is 70.8 Å². The molecule has 2 aromatic rings. The van der Waals surface area contributed by atoms with Crippen LogP contribution < -0.4 is 4.74 Å². The fourth-order valence-corrected chi connectivity index (χ4v) is 4.89. The van der Waals surface area contributed by atoms with Gasteiger partial charge in [0.05, 0.1) is 7.11 Å². The molecular weight excluding hydrogens is 396 g/mol. The van der Waals surface area contributed by atoms with E-state index in [9.17, 15) is 4.79 Å². The summed E-state index contributed by atoms with van der Waals surface area (Å²) in [6, 6.07) is 16.6. The third kappa shape index (κ3) is 6.01. The SMILES string of the molecule is CCN(CC)C(=O)c1cccc(/C=C2\CC[C@H](CN(C)C)[C@H](c3cccc(OC)c3)C2)c1. The molecule has 0 aliphatic heterocycles. The van der Waals surface area contributed by atoms with Crippen molar-refractivity contribution < 1.29 is 9.53 Å². The molecule has 0 heterocycles. The maximum Gasteiger partial charge on any atom is 0.253 e. The Kier molecular flexibility index (Phi) is 8.52. The van der Waals surface area contributed by atoms with Crippen LogP contribution in [-0.2, 0) is 0 Å². The number of ether oxygens (including phenoxy) is 1. The largest absolute Gasteiger partial charge is 0.497 e. The van der Waals surface area contributed by atoms with Gasteiger partial charge in [0.25, 0.3) is 5.91 Å². The molecule has 0 aromatic heterocycles. The zero-order valence-corrected chi connectivity index (χ0v) is 20.3. The van der Waals surface area contributed by atoms with Crippen molar-refractivity contribution in [3.8, 4) is 5.75 Å². The standard InChI is InChI=1S/C28H38N2O2/c1-6-30(7-2)28(31)24-12-8-10-21(17-24)16-22-14-15-25(20-29(3)4)27(18-22)23-11-9-13-26(19-23)32-5/h8-13,16-17,19,25,27H,6-7,14-15,18,20H2,1-5H3/b22-16+/t25-,27+/m1/s1. The summed E-state index contributed by atoms with van der Waals surface area (Å²) in [5, 5.41) is 0. The number of rotatable bonds is 8. The van der Waals surface area contributed by atoms with E-state index in [0.717, 1.165) is 49.4 Å². The summed E-state index contributed by atoms with van der Waals surface area (Å²) in [6.45, 7) is 6.60. The molecule has 0 bridgehead atoms. The van der Waals surface area contributed by atoms with Crippen molar-refractivity contribution in [3.63, 3.8) is 0 Å². The van der Waals surface area contributed by atoms with Crippen LogP contribution in [0.25, 0.3) is 6.08 Å². The van der Waals surface area contributed by atoms with Gasteiger partial charge in [-0.3, -0.25) is 4.79 Å². The van der Waals surface area contributed by atoms with Crippen LogP contribution in [0.15, 0.2) is 54.1 Å². The topological polar surface area (TPSA) is 32.8 Å². The number of carbonyl (C=O) groups is 1. The fourth-order valence-electron chi connectivity index (χ4n) is 4.89. The number of methoxy groups -OCH3 is 1.